The van der Waals surface area contributed by atoms with Gasteiger partial charge in [-0.3, -0.25) is 9.88 Å². The minimum absolute atomic E-state index is 0.429. The highest BCUT2D eigenvalue weighted by atomic mass is 32.1. The minimum Gasteiger partial charge on any atom is -0.314 e. The molecule has 3 heterocycles. The van der Waals surface area contributed by atoms with E-state index in [2.05, 4.69) is 39.2 Å². The number of aromatic nitrogens is 2. The Balaban J connectivity index is 1.80. The van der Waals surface area contributed by atoms with Crippen molar-refractivity contribution < 1.29 is 0 Å². The Morgan fingerprint density at radius 3 is 3.00 bits per heavy atom. The number of rotatable bonds is 3. The number of pyridine rings is 1. The van der Waals surface area contributed by atoms with Crippen LogP contribution in [-0.4, -0.2) is 34.5 Å². The van der Waals surface area contributed by atoms with E-state index >= 15 is 0 Å². The first-order chi connectivity index (χ1) is 9.34. The van der Waals surface area contributed by atoms with Gasteiger partial charge in [-0.1, -0.05) is 0 Å². The summed E-state index contributed by atoms with van der Waals surface area (Å²) >= 11 is 1.75. The fourth-order valence-corrected chi connectivity index (χ4v) is 3.31. The molecule has 0 aliphatic carbocycles. The lowest BCUT2D eigenvalue weighted by atomic mass is 10.0. The molecule has 1 atom stereocenters. The van der Waals surface area contributed by atoms with Gasteiger partial charge in [-0.25, -0.2) is 4.98 Å². The van der Waals surface area contributed by atoms with Crippen molar-refractivity contribution >= 4 is 11.3 Å². The number of piperazine rings is 1. The highest BCUT2D eigenvalue weighted by molar-refractivity contribution is 7.09. The van der Waals surface area contributed by atoms with Gasteiger partial charge in [0, 0.05) is 49.5 Å². The molecule has 2 aromatic rings. The van der Waals surface area contributed by atoms with Gasteiger partial charge in [0.15, 0.2) is 0 Å². The average molecular weight is 274 g/mol. The molecule has 1 N–H and O–H groups in total. The molecule has 0 radical (unpaired) electrons. The van der Waals surface area contributed by atoms with Gasteiger partial charge in [0.25, 0.3) is 0 Å². The monoisotopic (exact) mass is 274 g/mol. The van der Waals surface area contributed by atoms with Crippen molar-refractivity contribution in [2.24, 2.45) is 0 Å². The molecule has 100 valence electrons. The lowest BCUT2D eigenvalue weighted by Crippen LogP contribution is -2.45. The Morgan fingerprint density at radius 1 is 1.42 bits per heavy atom. The summed E-state index contributed by atoms with van der Waals surface area (Å²) in [5.74, 6) is 0. The zero-order chi connectivity index (χ0) is 13.1. The van der Waals surface area contributed by atoms with E-state index in [4.69, 9.17) is 0 Å². The number of nitrogens with one attached hydrogen (secondary N) is 1. The van der Waals surface area contributed by atoms with E-state index < -0.39 is 0 Å². The maximum atomic E-state index is 4.35. The maximum absolute atomic E-state index is 4.35. The van der Waals surface area contributed by atoms with Crippen molar-refractivity contribution in [2.75, 3.05) is 19.6 Å². The van der Waals surface area contributed by atoms with Gasteiger partial charge in [0.2, 0.25) is 0 Å². The molecular formula is C14H18N4S. The third-order valence-electron chi connectivity index (χ3n) is 3.64. The van der Waals surface area contributed by atoms with Crippen LogP contribution in [0, 0.1) is 6.92 Å². The first-order valence-electron chi connectivity index (χ1n) is 6.58. The highest BCUT2D eigenvalue weighted by Gasteiger charge is 2.24. The van der Waals surface area contributed by atoms with Gasteiger partial charge in [0.1, 0.15) is 0 Å². The lowest BCUT2D eigenvalue weighted by Gasteiger charge is -2.36. The molecule has 0 amide bonds. The van der Waals surface area contributed by atoms with Crippen LogP contribution in [0.1, 0.15) is 22.2 Å². The molecule has 1 unspecified atom stereocenters. The van der Waals surface area contributed by atoms with Gasteiger partial charge in [0.05, 0.1) is 11.2 Å². The van der Waals surface area contributed by atoms with Crippen LogP contribution >= 0.6 is 11.3 Å². The summed E-state index contributed by atoms with van der Waals surface area (Å²) in [4.78, 5) is 12.4. The number of hydrogen-bond donors (Lipinski definition) is 1. The molecule has 0 aromatic carbocycles. The van der Waals surface area contributed by atoms with Gasteiger partial charge < -0.3 is 5.32 Å². The summed E-state index contributed by atoms with van der Waals surface area (Å²) < 4.78 is 0. The second-order valence-corrected chi connectivity index (χ2v) is 5.77. The van der Waals surface area contributed by atoms with Crippen LogP contribution in [0.25, 0.3) is 0 Å². The van der Waals surface area contributed by atoms with E-state index in [1.165, 1.54) is 10.4 Å². The summed E-state index contributed by atoms with van der Waals surface area (Å²) in [6, 6.07) is 4.66. The van der Waals surface area contributed by atoms with Gasteiger partial charge >= 0.3 is 0 Å². The predicted octanol–water partition coefficient (Wildman–Crippen LogP) is 1.99. The van der Waals surface area contributed by atoms with Gasteiger partial charge in [-0.05, 0) is 24.6 Å². The Morgan fingerprint density at radius 2 is 2.26 bits per heavy atom. The van der Waals surface area contributed by atoms with Gasteiger partial charge in [-0.2, -0.15) is 0 Å². The van der Waals surface area contributed by atoms with E-state index in [0.29, 0.717) is 6.04 Å². The molecule has 0 saturated carbocycles. The second-order valence-electron chi connectivity index (χ2n) is 4.83. The van der Waals surface area contributed by atoms with Crippen molar-refractivity contribution in [3.63, 3.8) is 0 Å². The molecule has 1 fully saturated rings. The minimum atomic E-state index is 0.429. The van der Waals surface area contributed by atoms with Gasteiger partial charge in [-0.15, -0.1) is 11.3 Å². The van der Waals surface area contributed by atoms with Crippen LogP contribution in [0.3, 0.4) is 0 Å². The zero-order valence-corrected chi connectivity index (χ0v) is 11.9. The molecule has 3 rings (SSSR count). The predicted molar refractivity (Wildman–Crippen MR) is 77.1 cm³/mol. The average Bonchev–Trinajstić information content (AvgIpc) is 2.86. The van der Waals surface area contributed by atoms with Crippen LogP contribution in [0.4, 0.5) is 0 Å². The molecular weight excluding hydrogens is 256 g/mol. The molecule has 19 heavy (non-hydrogen) atoms. The Kier molecular flexibility index (Phi) is 3.87. The number of nitrogens with zero attached hydrogens (tertiary/aromatic N) is 3. The van der Waals surface area contributed by atoms with E-state index in [1.54, 1.807) is 11.3 Å². The molecule has 2 aromatic heterocycles. The van der Waals surface area contributed by atoms with Crippen LogP contribution in [0.2, 0.25) is 0 Å². The summed E-state index contributed by atoms with van der Waals surface area (Å²) in [7, 11) is 0. The van der Waals surface area contributed by atoms with Crippen molar-refractivity contribution in [3.05, 3.63) is 46.2 Å². The number of hydrogen-bond acceptors (Lipinski definition) is 5. The van der Waals surface area contributed by atoms with E-state index in [9.17, 15) is 0 Å². The van der Waals surface area contributed by atoms with Crippen molar-refractivity contribution in [1.29, 1.82) is 0 Å². The van der Waals surface area contributed by atoms with Crippen LogP contribution in [-0.2, 0) is 6.54 Å². The van der Waals surface area contributed by atoms with Crippen molar-refractivity contribution in [2.45, 2.75) is 19.5 Å². The first kappa shape index (κ1) is 12.7. The topological polar surface area (TPSA) is 41.1 Å². The Labute approximate surface area is 117 Å². The smallest absolute Gasteiger partial charge is 0.0798 e. The third kappa shape index (κ3) is 2.83. The Bertz CT molecular complexity index is 525. The molecule has 1 aliphatic rings. The quantitative estimate of drug-likeness (QED) is 0.929. The summed E-state index contributed by atoms with van der Waals surface area (Å²) in [5, 5.41) is 3.48. The van der Waals surface area contributed by atoms with Crippen LogP contribution in [0.15, 0.2) is 30.0 Å². The fraction of sp³-hybridized carbons (Fsp3) is 0.429. The van der Waals surface area contributed by atoms with Crippen molar-refractivity contribution in [3.8, 4) is 0 Å². The normalized spacial score (nSPS) is 20.6. The Hall–Kier alpha value is -1.30. The molecule has 1 saturated heterocycles. The van der Waals surface area contributed by atoms with Crippen LogP contribution in [0.5, 0.6) is 0 Å². The van der Waals surface area contributed by atoms with E-state index in [-0.39, 0.29) is 0 Å². The second kappa shape index (κ2) is 5.77. The molecule has 5 heteroatoms. The summed E-state index contributed by atoms with van der Waals surface area (Å²) in [5.41, 5.74) is 4.44. The number of thiazole rings is 1. The highest BCUT2D eigenvalue weighted by Crippen LogP contribution is 2.25. The molecule has 0 spiro atoms. The third-order valence-corrected chi connectivity index (χ3v) is 4.56. The number of aryl methyl sites for hydroxylation is 1. The molecule has 0 bridgehead atoms. The lowest BCUT2D eigenvalue weighted by molar-refractivity contribution is 0.155. The first-order valence-corrected chi connectivity index (χ1v) is 7.46. The standard InChI is InChI=1S/C14H18N4S/c1-11-14(19-10-17-11)9-18-7-6-16-8-13(18)12-2-4-15-5-3-12/h2-5,10,13,16H,6-9H2,1H3. The summed E-state index contributed by atoms with van der Waals surface area (Å²) in [6.07, 6.45) is 3.75. The van der Waals surface area contributed by atoms with Crippen molar-refractivity contribution in [1.82, 2.24) is 20.2 Å². The van der Waals surface area contributed by atoms with E-state index in [1.807, 2.05) is 17.9 Å². The fourth-order valence-electron chi connectivity index (χ4n) is 2.51. The van der Waals surface area contributed by atoms with Crippen LogP contribution < -0.4 is 5.32 Å². The molecule has 1 aliphatic heterocycles. The summed E-state index contributed by atoms with van der Waals surface area (Å²) in [6.45, 7) is 6.21. The SMILES string of the molecule is Cc1ncsc1CN1CCNCC1c1ccncc1. The zero-order valence-electron chi connectivity index (χ0n) is 11.0. The maximum Gasteiger partial charge on any atom is 0.0798 e. The largest absolute Gasteiger partial charge is 0.314 e. The van der Waals surface area contributed by atoms with E-state index in [0.717, 1.165) is 31.9 Å². The molecule has 4 nitrogen and oxygen atoms in total.